The Morgan fingerprint density at radius 3 is 2.97 bits per heavy atom. The minimum atomic E-state index is -0.314. The van der Waals surface area contributed by atoms with Crippen LogP contribution in [0.5, 0.6) is 0 Å². The van der Waals surface area contributed by atoms with E-state index in [1.807, 2.05) is 20.6 Å². The van der Waals surface area contributed by atoms with Crippen LogP contribution in [0.4, 0.5) is 4.39 Å². The second kappa shape index (κ2) is 9.24. The number of fused-ring (bicyclic) bond motifs is 1. The normalized spacial score (nSPS) is 21.8. The molecule has 0 saturated carbocycles. The molecule has 2 atom stereocenters. The van der Waals surface area contributed by atoms with Crippen molar-refractivity contribution < 1.29 is 14.0 Å². The van der Waals surface area contributed by atoms with E-state index in [1.54, 1.807) is 30.7 Å². The van der Waals surface area contributed by atoms with Crippen LogP contribution in [0.1, 0.15) is 31.2 Å². The standard InChI is InChI=1S/C23H27FN4O2/c24-20-4-1-3-18(15-20)5-7-22(29)27-13-9-21-19(16-27)6-8-23(30)28(21)12-2-11-26-14-10-25-17-26/h1,3-5,7,10,14-15,17,19,21H,2,6,8-9,11-13,16H2/t19-,21+/m1/s1. The summed E-state index contributed by atoms with van der Waals surface area (Å²) in [6.07, 6.45) is 11.7. The first-order valence-electron chi connectivity index (χ1n) is 10.6. The maximum atomic E-state index is 13.3. The van der Waals surface area contributed by atoms with Gasteiger partial charge in [-0.1, -0.05) is 12.1 Å². The van der Waals surface area contributed by atoms with Crippen LogP contribution in [0.2, 0.25) is 0 Å². The molecule has 1 aromatic carbocycles. The predicted octanol–water partition coefficient (Wildman–Crippen LogP) is 2.97. The maximum Gasteiger partial charge on any atom is 0.246 e. The lowest BCUT2D eigenvalue weighted by atomic mass is 9.83. The highest BCUT2D eigenvalue weighted by Crippen LogP contribution is 2.31. The molecule has 0 radical (unpaired) electrons. The maximum absolute atomic E-state index is 13.3. The number of carbonyl (C=O) groups is 2. The summed E-state index contributed by atoms with van der Waals surface area (Å²) in [4.78, 5) is 33.1. The molecule has 1 aromatic heterocycles. The second-order valence-corrected chi connectivity index (χ2v) is 8.07. The van der Waals surface area contributed by atoms with Gasteiger partial charge in [0.25, 0.3) is 0 Å². The Morgan fingerprint density at radius 1 is 1.27 bits per heavy atom. The molecule has 2 aliphatic rings. The number of piperidine rings is 2. The molecule has 30 heavy (non-hydrogen) atoms. The van der Waals surface area contributed by atoms with Crippen molar-refractivity contribution in [3.63, 3.8) is 0 Å². The number of amides is 2. The lowest BCUT2D eigenvalue weighted by molar-refractivity contribution is -0.143. The number of hydrogen-bond donors (Lipinski definition) is 0. The number of imidazole rings is 1. The first-order valence-corrected chi connectivity index (χ1v) is 10.6. The van der Waals surface area contributed by atoms with Crippen LogP contribution >= 0.6 is 0 Å². The molecule has 2 saturated heterocycles. The van der Waals surface area contributed by atoms with Crippen molar-refractivity contribution in [1.29, 1.82) is 0 Å². The Hall–Kier alpha value is -2.96. The molecule has 0 N–H and O–H groups in total. The molecule has 2 fully saturated rings. The van der Waals surface area contributed by atoms with Gasteiger partial charge in [0, 0.05) is 57.1 Å². The summed E-state index contributed by atoms with van der Waals surface area (Å²) in [5.74, 6) is 0.176. The van der Waals surface area contributed by atoms with E-state index in [0.717, 1.165) is 32.4 Å². The van der Waals surface area contributed by atoms with Crippen molar-refractivity contribution >= 4 is 17.9 Å². The van der Waals surface area contributed by atoms with Crippen molar-refractivity contribution in [2.45, 2.75) is 38.3 Å². The van der Waals surface area contributed by atoms with Gasteiger partial charge < -0.3 is 14.4 Å². The van der Waals surface area contributed by atoms with Gasteiger partial charge >= 0.3 is 0 Å². The fourth-order valence-corrected chi connectivity index (χ4v) is 4.57. The summed E-state index contributed by atoms with van der Waals surface area (Å²) in [5, 5.41) is 0. The number of aromatic nitrogens is 2. The van der Waals surface area contributed by atoms with Gasteiger partial charge in [0.05, 0.1) is 6.33 Å². The van der Waals surface area contributed by atoms with Gasteiger partial charge in [0.2, 0.25) is 11.8 Å². The van der Waals surface area contributed by atoms with E-state index in [2.05, 4.69) is 4.98 Å². The smallest absolute Gasteiger partial charge is 0.246 e. The van der Waals surface area contributed by atoms with Gasteiger partial charge in [0.1, 0.15) is 5.82 Å². The third kappa shape index (κ3) is 4.78. The van der Waals surface area contributed by atoms with Crippen LogP contribution in [-0.4, -0.2) is 56.8 Å². The highest BCUT2D eigenvalue weighted by atomic mass is 19.1. The van der Waals surface area contributed by atoms with Crippen molar-refractivity contribution in [2.75, 3.05) is 19.6 Å². The number of hydrogen-bond acceptors (Lipinski definition) is 3. The number of aryl methyl sites for hydroxylation is 1. The van der Waals surface area contributed by atoms with Gasteiger partial charge in [-0.25, -0.2) is 9.37 Å². The number of halogens is 1. The highest BCUT2D eigenvalue weighted by Gasteiger charge is 2.39. The molecule has 2 aliphatic heterocycles. The summed E-state index contributed by atoms with van der Waals surface area (Å²) >= 11 is 0. The van der Waals surface area contributed by atoms with E-state index in [0.29, 0.717) is 31.0 Å². The first-order chi connectivity index (χ1) is 14.6. The molecule has 158 valence electrons. The summed E-state index contributed by atoms with van der Waals surface area (Å²) < 4.78 is 15.3. The largest absolute Gasteiger partial charge is 0.339 e. The molecule has 2 amide bonds. The average Bonchev–Trinajstić information content (AvgIpc) is 3.27. The van der Waals surface area contributed by atoms with E-state index in [9.17, 15) is 14.0 Å². The minimum Gasteiger partial charge on any atom is -0.339 e. The molecular formula is C23H27FN4O2. The topological polar surface area (TPSA) is 58.4 Å². The lowest BCUT2D eigenvalue weighted by Gasteiger charge is -2.47. The van der Waals surface area contributed by atoms with E-state index in [-0.39, 0.29) is 23.7 Å². The highest BCUT2D eigenvalue weighted by molar-refractivity contribution is 5.92. The van der Waals surface area contributed by atoms with Gasteiger partial charge in [-0.05, 0) is 49.0 Å². The molecule has 0 spiro atoms. The number of likely N-dealkylation sites (tertiary alicyclic amines) is 2. The van der Waals surface area contributed by atoms with Crippen LogP contribution in [0.3, 0.4) is 0 Å². The van der Waals surface area contributed by atoms with Gasteiger partial charge in [-0.15, -0.1) is 0 Å². The second-order valence-electron chi connectivity index (χ2n) is 8.07. The Bertz CT molecular complexity index is 912. The van der Waals surface area contributed by atoms with Crippen LogP contribution in [0.25, 0.3) is 6.08 Å². The van der Waals surface area contributed by atoms with E-state index in [1.165, 1.54) is 18.2 Å². The van der Waals surface area contributed by atoms with E-state index >= 15 is 0 Å². The molecule has 7 heteroatoms. The number of rotatable bonds is 6. The molecule has 0 bridgehead atoms. The molecule has 4 rings (SSSR count). The van der Waals surface area contributed by atoms with Gasteiger partial charge in [-0.3, -0.25) is 9.59 Å². The Labute approximate surface area is 176 Å². The van der Waals surface area contributed by atoms with Crippen molar-refractivity contribution in [3.8, 4) is 0 Å². The monoisotopic (exact) mass is 410 g/mol. The van der Waals surface area contributed by atoms with Crippen LogP contribution in [0.15, 0.2) is 49.1 Å². The number of carbonyl (C=O) groups excluding carboxylic acids is 2. The molecule has 0 unspecified atom stereocenters. The Morgan fingerprint density at radius 2 is 2.17 bits per heavy atom. The zero-order valence-corrected chi connectivity index (χ0v) is 17.0. The van der Waals surface area contributed by atoms with Crippen molar-refractivity contribution in [3.05, 3.63) is 60.4 Å². The molecule has 3 heterocycles. The van der Waals surface area contributed by atoms with E-state index < -0.39 is 0 Å². The Balaban J connectivity index is 1.33. The third-order valence-corrected chi connectivity index (χ3v) is 6.10. The van der Waals surface area contributed by atoms with Crippen molar-refractivity contribution in [2.24, 2.45) is 5.92 Å². The molecule has 6 nitrogen and oxygen atoms in total. The Kier molecular flexibility index (Phi) is 6.26. The third-order valence-electron chi connectivity index (χ3n) is 6.10. The van der Waals surface area contributed by atoms with Crippen molar-refractivity contribution in [1.82, 2.24) is 19.4 Å². The predicted molar refractivity (Wildman–Crippen MR) is 112 cm³/mol. The SMILES string of the molecule is O=C(C=Cc1cccc(F)c1)N1CC[C@H]2[C@H](CCC(=O)N2CCCn2ccnc2)C1. The minimum absolute atomic E-state index is 0.0544. The zero-order valence-electron chi connectivity index (χ0n) is 17.0. The zero-order chi connectivity index (χ0) is 20.9. The van der Waals surface area contributed by atoms with Crippen LogP contribution in [0, 0.1) is 11.7 Å². The van der Waals surface area contributed by atoms with Crippen LogP contribution in [-0.2, 0) is 16.1 Å². The summed E-state index contributed by atoms with van der Waals surface area (Å²) in [7, 11) is 0. The summed E-state index contributed by atoms with van der Waals surface area (Å²) in [5.41, 5.74) is 0.672. The molecule has 2 aromatic rings. The summed E-state index contributed by atoms with van der Waals surface area (Å²) in [6, 6.07) is 6.41. The van der Waals surface area contributed by atoms with Crippen LogP contribution < -0.4 is 0 Å². The number of nitrogens with zero attached hydrogens (tertiary/aromatic N) is 4. The quantitative estimate of drug-likeness (QED) is 0.688. The summed E-state index contributed by atoms with van der Waals surface area (Å²) in [6.45, 7) is 2.89. The van der Waals surface area contributed by atoms with Gasteiger partial charge in [0.15, 0.2) is 0 Å². The number of benzene rings is 1. The fraction of sp³-hybridized carbons (Fsp3) is 0.435. The first kappa shape index (κ1) is 20.3. The lowest BCUT2D eigenvalue weighted by Crippen LogP contribution is -2.56. The fourth-order valence-electron chi connectivity index (χ4n) is 4.57. The van der Waals surface area contributed by atoms with E-state index in [4.69, 9.17) is 0 Å². The van der Waals surface area contributed by atoms with Gasteiger partial charge in [-0.2, -0.15) is 0 Å². The average molecular weight is 410 g/mol. The molecule has 0 aliphatic carbocycles. The molecular weight excluding hydrogens is 383 g/mol.